The molecular weight excluding hydrogens is 236 g/mol. The number of nitrogen functional groups attached to an aromatic ring is 1. The summed E-state index contributed by atoms with van der Waals surface area (Å²) in [4.78, 5) is 2.23. The van der Waals surface area contributed by atoms with Crippen molar-refractivity contribution < 1.29 is 4.74 Å². The third-order valence-electron chi connectivity index (χ3n) is 3.16. The fraction of sp³-hybridized carbons (Fsp3) is 0.538. The van der Waals surface area contributed by atoms with E-state index in [-0.39, 0.29) is 0 Å². The van der Waals surface area contributed by atoms with E-state index in [9.17, 15) is 0 Å². The molecule has 1 aliphatic heterocycles. The Morgan fingerprint density at radius 2 is 1.94 bits per heavy atom. The molecule has 1 saturated heterocycles. The molecule has 0 atom stereocenters. The molecule has 0 bridgehead atoms. The Kier molecular flexibility index (Phi) is 3.79. The van der Waals surface area contributed by atoms with Crippen molar-refractivity contribution in [3.05, 3.63) is 22.7 Å². The van der Waals surface area contributed by atoms with Crippen LogP contribution in [0.25, 0.3) is 0 Å². The lowest BCUT2D eigenvalue weighted by molar-refractivity contribution is 0.123. The van der Waals surface area contributed by atoms with E-state index in [4.69, 9.17) is 22.1 Å². The van der Waals surface area contributed by atoms with Gasteiger partial charge in [0.2, 0.25) is 0 Å². The predicted molar refractivity (Wildman–Crippen MR) is 73.0 cm³/mol. The first kappa shape index (κ1) is 12.5. The topological polar surface area (TPSA) is 38.5 Å². The molecule has 0 aliphatic carbocycles. The molecule has 1 aliphatic rings. The summed E-state index contributed by atoms with van der Waals surface area (Å²) in [5.41, 5.74) is 8.97. The number of rotatable bonds is 2. The monoisotopic (exact) mass is 254 g/mol. The van der Waals surface area contributed by atoms with Gasteiger partial charge in [-0.25, -0.2) is 0 Å². The zero-order valence-electron chi connectivity index (χ0n) is 10.4. The van der Waals surface area contributed by atoms with Gasteiger partial charge < -0.3 is 15.4 Å². The Labute approximate surface area is 107 Å². The van der Waals surface area contributed by atoms with Gasteiger partial charge in [-0.1, -0.05) is 31.5 Å². The minimum atomic E-state index is 0.392. The van der Waals surface area contributed by atoms with Crippen LogP contribution >= 0.6 is 11.6 Å². The molecule has 1 heterocycles. The summed E-state index contributed by atoms with van der Waals surface area (Å²) >= 11 is 6.33. The fourth-order valence-corrected chi connectivity index (χ4v) is 2.50. The summed E-state index contributed by atoms with van der Waals surface area (Å²) in [6, 6.07) is 4.15. The van der Waals surface area contributed by atoms with E-state index in [1.807, 2.05) is 0 Å². The smallest absolute Gasteiger partial charge is 0.0744 e. The van der Waals surface area contributed by atoms with E-state index in [1.165, 1.54) is 0 Å². The molecule has 3 nitrogen and oxygen atoms in total. The van der Waals surface area contributed by atoms with Gasteiger partial charge in [-0.2, -0.15) is 0 Å². The Bertz CT molecular complexity index is 401. The lowest BCUT2D eigenvalue weighted by Gasteiger charge is -2.30. The largest absolute Gasteiger partial charge is 0.396 e. The number of anilines is 2. The summed E-state index contributed by atoms with van der Waals surface area (Å²) < 4.78 is 5.34. The van der Waals surface area contributed by atoms with Gasteiger partial charge in [0, 0.05) is 13.1 Å². The van der Waals surface area contributed by atoms with Crippen molar-refractivity contribution >= 4 is 23.0 Å². The number of nitrogens with zero attached hydrogens (tertiary/aromatic N) is 1. The Balaban J connectivity index is 2.32. The quantitative estimate of drug-likeness (QED) is 0.825. The normalized spacial score (nSPS) is 16.6. The standard InChI is InChI=1S/C13H19ClN2O/c1-9(2)10-3-4-11(13(15)12(10)14)16-5-7-17-8-6-16/h3-4,9H,5-8,15H2,1-2H3. The number of hydrogen-bond acceptors (Lipinski definition) is 3. The molecule has 1 aromatic rings. The van der Waals surface area contributed by atoms with Crippen LogP contribution in [-0.4, -0.2) is 26.3 Å². The number of benzene rings is 1. The maximum Gasteiger partial charge on any atom is 0.0744 e. The zero-order valence-corrected chi connectivity index (χ0v) is 11.1. The van der Waals surface area contributed by atoms with Crippen molar-refractivity contribution in [1.82, 2.24) is 0 Å². The molecule has 1 aromatic carbocycles. The highest BCUT2D eigenvalue weighted by Crippen LogP contribution is 2.36. The highest BCUT2D eigenvalue weighted by atomic mass is 35.5. The minimum absolute atomic E-state index is 0.392. The summed E-state index contributed by atoms with van der Waals surface area (Å²) in [6.45, 7) is 7.50. The van der Waals surface area contributed by atoms with Gasteiger partial charge >= 0.3 is 0 Å². The van der Waals surface area contributed by atoms with Crippen LogP contribution in [0.4, 0.5) is 11.4 Å². The van der Waals surface area contributed by atoms with Crippen molar-refractivity contribution in [2.75, 3.05) is 36.9 Å². The number of halogens is 1. The van der Waals surface area contributed by atoms with Crippen molar-refractivity contribution in [3.8, 4) is 0 Å². The van der Waals surface area contributed by atoms with Gasteiger partial charge in [0.25, 0.3) is 0 Å². The summed E-state index contributed by atoms with van der Waals surface area (Å²) in [7, 11) is 0. The molecule has 17 heavy (non-hydrogen) atoms. The van der Waals surface area contributed by atoms with Crippen LogP contribution < -0.4 is 10.6 Å². The highest BCUT2D eigenvalue weighted by Gasteiger charge is 2.17. The number of hydrogen-bond donors (Lipinski definition) is 1. The second-order valence-electron chi connectivity index (χ2n) is 4.66. The number of morpholine rings is 1. The molecule has 1 fully saturated rings. The molecule has 0 unspecified atom stereocenters. The van der Waals surface area contributed by atoms with E-state index in [1.54, 1.807) is 0 Å². The van der Waals surface area contributed by atoms with Crippen LogP contribution in [0.3, 0.4) is 0 Å². The lowest BCUT2D eigenvalue weighted by atomic mass is 10.0. The van der Waals surface area contributed by atoms with Crippen LogP contribution in [0.1, 0.15) is 25.3 Å². The van der Waals surface area contributed by atoms with Crippen LogP contribution in [-0.2, 0) is 4.74 Å². The van der Waals surface area contributed by atoms with Crippen LogP contribution in [0.5, 0.6) is 0 Å². The van der Waals surface area contributed by atoms with Crippen molar-refractivity contribution in [1.29, 1.82) is 0 Å². The Morgan fingerprint density at radius 3 is 2.53 bits per heavy atom. The van der Waals surface area contributed by atoms with E-state index in [0.717, 1.165) is 37.6 Å². The first-order chi connectivity index (χ1) is 8.11. The van der Waals surface area contributed by atoms with Crippen molar-refractivity contribution in [2.24, 2.45) is 0 Å². The average molecular weight is 255 g/mol. The van der Waals surface area contributed by atoms with E-state index < -0.39 is 0 Å². The third-order valence-corrected chi connectivity index (χ3v) is 3.58. The lowest BCUT2D eigenvalue weighted by Crippen LogP contribution is -2.36. The van der Waals surface area contributed by atoms with Gasteiger partial charge in [-0.3, -0.25) is 0 Å². The van der Waals surface area contributed by atoms with Crippen molar-refractivity contribution in [3.63, 3.8) is 0 Å². The molecular formula is C13H19ClN2O. The second-order valence-corrected chi connectivity index (χ2v) is 5.03. The van der Waals surface area contributed by atoms with Gasteiger partial charge in [0.15, 0.2) is 0 Å². The summed E-state index contributed by atoms with van der Waals surface area (Å²) in [5, 5.41) is 0.698. The Morgan fingerprint density at radius 1 is 1.29 bits per heavy atom. The molecule has 2 rings (SSSR count). The summed E-state index contributed by atoms with van der Waals surface area (Å²) in [5.74, 6) is 0.392. The fourth-order valence-electron chi connectivity index (χ4n) is 2.13. The minimum Gasteiger partial charge on any atom is -0.396 e. The van der Waals surface area contributed by atoms with Crippen LogP contribution in [0, 0.1) is 0 Å². The number of nitrogens with two attached hydrogens (primary N) is 1. The third kappa shape index (κ3) is 2.50. The summed E-state index contributed by atoms with van der Waals surface area (Å²) in [6.07, 6.45) is 0. The average Bonchev–Trinajstić information content (AvgIpc) is 2.33. The van der Waals surface area contributed by atoms with E-state index in [2.05, 4.69) is 30.9 Å². The van der Waals surface area contributed by atoms with Crippen LogP contribution in [0.2, 0.25) is 5.02 Å². The molecule has 0 radical (unpaired) electrons. The number of ether oxygens (including phenoxy) is 1. The Hall–Kier alpha value is -0.930. The van der Waals surface area contributed by atoms with Crippen LogP contribution in [0.15, 0.2) is 12.1 Å². The first-order valence-electron chi connectivity index (χ1n) is 6.02. The maximum absolute atomic E-state index is 6.33. The first-order valence-corrected chi connectivity index (χ1v) is 6.39. The van der Waals surface area contributed by atoms with E-state index >= 15 is 0 Å². The molecule has 0 saturated carbocycles. The second kappa shape index (κ2) is 5.15. The van der Waals surface area contributed by atoms with E-state index in [0.29, 0.717) is 16.6 Å². The van der Waals surface area contributed by atoms with Gasteiger partial charge in [0.1, 0.15) is 0 Å². The zero-order chi connectivity index (χ0) is 12.4. The van der Waals surface area contributed by atoms with Gasteiger partial charge in [-0.05, 0) is 17.5 Å². The molecule has 0 amide bonds. The molecule has 94 valence electrons. The molecule has 0 spiro atoms. The molecule has 2 N–H and O–H groups in total. The predicted octanol–water partition coefficient (Wildman–Crippen LogP) is 2.88. The molecule has 0 aromatic heterocycles. The van der Waals surface area contributed by atoms with Gasteiger partial charge in [-0.15, -0.1) is 0 Å². The van der Waals surface area contributed by atoms with Gasteiger partial charge in [0.05, 0.1) is 29.6 Å². The SMILES string of the molecule is CC(C)c1ccc(N2CCOCC2)c(N)c1Cl. The van der Waals surface area contributed by atoms with Crippen molar-refractivity contribution in [2.45, 2.75) is 19.8 Å². The maximum atomic E-state index is 6.33. The highest BCUT2D eigenvalue weighted by molar-refractivity contribution is 6.34. The molecule has 4 heteroatoms.